The molecule has 20 heavy (non-hydrogen) atoms. The first-order valence-electron chi connectivity index (χ1n) is 7.12. The highest BCUT2D eigenvalue weighted by molar-refractivity contribution is 5.35. The molecule has 0 fully saturated rings. The van der Waals surface area contributed by atoms with Gasteiger partial charge in [0.2, 0.25) is 0 Å². The predicted octanol–water partition coefficient (Wildman–Crippen LogP) is 3.49. The Kier molecular flexibility index (Phi) is 5.13. The van der Waals surface area contributed by atoms with Gasteiger partial charge in [0.15, 0.2) is 0 Å². The van der Waals surface area contributed by atoms with Crippen molar-refractivity contribution < 1.29 is 4.74 Å². The number of aryl methyl sites for hydroxylation is 1. The molecule has 0 aliphatic heterocycles. The van der Waals surface area contributed by atoms with E-state index in [4.69, 9.17) is 4.74 Å². The van der Waals surface area contributed by atoms with Crippen LogP contribution in [0.2, 0.25) is 0 Å². The fourth-order valence-electron chi connectivity index (χ4n) is 2.23. The van der Waals surface area contributed by atoms with Crippen molar-refractivity contribution in [3.05, 3.63) is 59.4 Å². The summed E-state index contributed by atoms with van der Waals surface area (Å²) in [4.78, 5) is 4.28. The Morgan fingerprint density at radius 2 is 1.85 bits per heavy atom. The number of pyridine rings is 1. The zero-order valence-electron chi connectivity index (χ0n) is 12.4. The summed E-state index contributed by atoms with van der Waals surface area (Å²) >= 11 is 0. The van der Waals surface area contributed by atoms with Gasteiger partial charge in [0.05, 0.1) is 18.8 Å². The summed E-state index contributed by atoms with van der Waals surface area (Å²) in [6, 6.07) is 10.8. The molecule has 1 aromatic carbocycles. The van der Waals surface area contributed by atoms with Crippen LogP contribution < -0.4 is 10.1 Å². The third-order valence-corrected chi connectivity index (χ3v) is 3.20. The molecule has 1 heterocycles. The molecule has 0 aliphatic rings. The molecule has 2 rings (SSSR count). The standard InChI is InChI=1S/C17H22N2O/c1-4-19-17(14-8-6-13(3)7-9-14)15-10-16(20-5-2)12-18-11-15/h6-12,17,19H,4-5H2,1-3H3. The van der Waals surface area contributed by atoms with E-state index in [1.165, 1.54) is 11.1 Å². The summed E-state index contributed by atoms with van der Waals surface area (Å²) in [7, 11) is 0. The van der Waals surface area contributed by atoms with E-state index in [0.29, 0.717) is 6.61 Å². The van der Waals surface area contributed by atoms with Crippen LogP contribution in [0.25, 0.3) is 0 Å². The van der Waals surface area contributed by atoms with Crippen molar-refractivity contribution in [3.63, 3.8) is 0 Å². The van der Waals surface area contributed by atoms with E-state index < -0.39 is 0 Å². The van der Waals surface area contributed by atoms with Crippen LogP contribution >= 0.6 is 0 Å². The van der Waals surface area contributed by atoms with Crippen LogP contribution in [0.5, 0.6) is 5.75 Å². The highest BCUT2D eigenvalue weighted by Crippen LogP contribution is 2.24. The van der Waals surface area contributed by atoms with Crippen molar-refractivity contribution in [2.45, 2.75) is 26.8 Å². The minimum absolute atomic E-state index is 0.147. The Hall–Kier alpha value is -1.87. The minimum atomic E-state index is 0.147. The average Bonchev–Trinajstić information content (AvgIpc) is 2.47. The number of nitrogens with one attached hydrogen (secondary N) is 1. The molecule has 0 bridgehead atoms. The molecule has 0 spiro atoms. The molecule has 0 amide bonds. The Morgan fingerprint density at radius 3 is 2.50 bits per heavy atom. The predicted molar refractivity (Wildman–Crippen MR) is 82.1 cm³/mol. The molecular weight excluding hydrogens is 248 g/mol. The molecule has 1 atom stereocenters. The first-order valence-corrected chi connectivity index (χ1v) is 7.12. The fourth-order valence-corrected chi connectivity index (χ4v) is 2.23. The molecule has 1 N–H and O–H groups in total. The molecule has 1 aromatic heterocycles. The lowest BCUT2D eigenvalue weighted by Crippen LogP contribution is -2.22. The topological polar surface area (TPSA) is 34.2 Å². The van der Waals surface area contributed by atoms with Crippen LogP contribution in [-0.4, -0.2) is 18.1 Å². The summed E-state index contributed by atoms with van der Waals surface area (Å²) in [5.41, 5.74) is 3.64. The molecule has 0 radical (unpaired) electrons. The molecule has 106 valence electrons. The van der Waals surface area contributed by atoms with Crippen molar-refractivity contribution in [1.82, 2.24) is 10.3 Å². The maximum atomic E-state index is 5.54. The van der Waals surface area contributed by atoms with Crippen molar-refractivity contribution >= 4 is 0 Å². The molecule has 1 unspecified atom stereocenters. The van der Waals surface area contributed by atoms with Gasteiger partial charge in [-0.3, -0.25) is 4.98 Å². The van der Waals surface area contributed by atoms with Gasteiger partial charge in [-0.15, -0.1) is 0 Å². The van der Waals surface area contributed by atoms with Crippen LogP contribution in [0, 0.1) is 6.92 Å². The van der Waals surface area contributed by atoms with E-state index in [9.17, 15) is 0 Å². The maximum absolute atomic E-state index is 5.54. The summed E-state index contributed by atoms with van der Waals surface area (Å²) in [6.07, 6.45) is 3.65. The van der Waals surface area contributed by atoms with Crippen molar-refractivity contribution in [2.75, 3.05) is 13.2 Å². The number of hydrogen-bond donors (Lipinski definition) is 1. The highest BCUT2D eigenvalue weighted by Gasteiger charge is 2.14. The number of aromatic nitrogens is 1. The van der Waals surface area contributed by atoms with Crippen LogP contribution in [0.3, 0.4) is 0 Å². The number of hydrogen-bond acceptors (Lipinski definition) is 3. The number of ether oxygens (including phenoxy) is 1. The van der Waals surface area contributed by atoms with Gasteiger partial charge < -0.3 is 10.1 Å². The van der Waals surface area contributed by atoms with Crippen LogP contribution in [0.15, 0.2) is 42.7 Å². The largest absolute Gasteiger partial charge is 0.492 e. The van der Waals surface area contributed by atoms with Gasteiger partial charge in [0, 0.05) is 6.20 Å². The average molecular weight is 270 g/mol. The van der Waals surface area contributed by atoms with Crippen LogP contribution in [-0.2, 0) is 0 Å². The number of rotatable bonds is 6. The number of nitrogens with zero attached hydrogens (tertiary/aromatic N) is 1. The van der Waals surface area contributed by atoms with Crippen LogP contribution in [0.4, 0.5) is 0 Å². The van der Waals surface area contributed by atoms with E-state index in [0.717, 1.165) is 17.9 Å². The summed E-state index contributed by atoms with van der Waals surface area (Å²) in [5, 5.41) is 3.51. The summed E-state index contributed by atoms with van der Waals surface area (Å²) < 4.78 is 5.54. The molecule has 0 aliphatic carbocycles. The second-order valence-corrected chi connectivity index (χ2v) is 4.79. The first kappa shape index (κ1) is 14.5. The van der Waals surface area contributed by atoms with Gasteiger partial charge >= 0.3 is 0 Å². The lowest BCUT2D eigenvalue weighted by atomic mass is 9.99. The molecule has 3 nitrogen and oxygen atoms in total. The molecule has 0 saturated carbocycles. The van der Waals surface area contributed by atoms with Crippen molar-refractivity contribution in [2.24, 2.45) is 0 Å². The Labute approximate surface area is 121 Å². The van der Waals surface area contributed by atoms with Crippen molar-refractivity contribution in [1.29, 1.82) is 0 Å². The zero-order chi connectivity index (χ0) is 14.4. The SMILES string of the molecule is CCNC(c1ccc(C)cc1)c1cncc(OCC)c1. The van der Waals surface area contributed by atoms with Gasteiger partial charge in [-0.25, -0.2) is 0 Å². The smallest absolute Gasteiger partial charge is 0.137 e. The third-order valence-electron chi connectivity index (χ3n) is 3.20. The van der Waals surface area contributed by atoms with Gasteiger partial charge in [-0.1, -0.05) is 36.8 Å². The monoisotopic (exact) mass is 270 g/mol. The normalized spacial score (nSPS) is 12.2. The Morgan fingerprint density at radius 1 is 1.10 bits per heavy atom. The summed E-state index contributed by atoms with van der Waals surface area (Å²) in [5.74, 6) is 0.819. The van der Waals surface area contributed by atoms with Gasteiger partial charge in [-0.2, -0.15) is 0 Å². The zero-order valence-corrected chi connectivity index (χ0v) is 12.4. The molecule has 3 heteroatoms. The lowest BCUT2D eigenvalue weighted by Gasteiger charge is -2.19. The van der Waals surface area contributed by atoms with Gasteiger partial charge in [0.1, 0.15) is 5.75 Å². The quantitative estimate of drug-likeness (QED) is 0.872. The van der Waals surface area contributed by atoms with E-state index >= 15 is 0 Å². The van der Waals surface area contributed by atoms with Crippen molar-refractivity contribution in [3.8, 4) is 5.75 Å². The van der Waals surface area contributed by atoms with Gasteiger partial charge in [-0.05, 0) is 37.6 Å². The van der Waals surface area contributed by atoms with E-state index in [1.807, 2.05) is 13.1 Å². The molecular formula is C17H22N2O. The van der Waals surface area contributed by atoms with E-state index in [1.54, 1.807) is 6.20 Å². The summed E-state index contributed by atoms with van der Waals surface area (Å²) in [6.45, 7) is 7.75. The molecule has 0 saturated heterocycles. The highest BCUT2D eigenvalue weighted by atomic mass is 16.5. The van der Waals surface area contributed by atoms with E-state index in [-0.39, 0.29) is 6.04 Å². The van der Waals surface area contributed by atoms with E-state index in [2.05, 4.69) is 54.5 Å². The second-order valence-electron chi connectivity index (χ2n) is 4.79. The Balaban J connectivity index is 2.32. The fraction of sp³-hybridized carbons (Fsp3) is 0.353. The van der Waals surface area contributed by atoms with Gasteiger partial charge in [0.25, 0.3) is 0 Å². The van der Waals surface area contributed by atoms with Crippen LogP contribution in [0.1, 0.15) is 36.6 Å². The minimum Gasteiger partial charge on any atom is -0.492 e. The maximum Gasteiger partial charge on any atom is 0.137 e. The Bertz CT molecular complexity index is 537. The number of benzene rings is 1. The second kappa shape index (κ2) is 7.06. The first-order chi connectivity index (χ1) is 9.74. The third kappa shape index (κ3) is 3.58. The lowest BCUT2D eigenvalue weighted by molar-refractivity contribution is 0.338. The molecule has 2 aromatic rings.